The van der Waals surface area contributed by atoms with Gasteiger partial charge in [-0.3, -0.25) is 4.21 Å². The summed E-state index contributed by atoms with van der Waals surface area (Å²) in [7, 11) is -0.779. The first-order chi connectivity index (χ1) is 7.00. The Balaban J connectivity index is 2.15. The summed E-state index contributed by atoms with van der Waals surface area (Å²) in [6.07, 6.45) is 1.66. The van der Waals surface area contributed by atoms with Gasteiger partial charge in [-0.2, -0.15) is 0 Å². The molecule has 1 unspecified atom stereocenters. The van der Waals surface area contributed by atoms with Crippen LogP contribution in [0, 0.1) is 0 Å². The lowest BCUT2D eigenvalue weighted by atomic mass is 10.3. The van der Waals surface area contributed by atoms with Crippen LogP contribution in [0.4, 0.5) is 0 Å². The second-order valence-corrected chi connectivity index (χ2v) is 6.74. The first kappa shape index (κ1) is 12.5. The highest BCUT2D eigenvalue weighted by molar-refractivity contribution is 7.86. The topological polar surface area (TPSA) is 42.2 Å². The average molecular weight is 229 g/mol. The van der Waals surface area contributed by atoms with E-state index in [4.69, 9.17) is 4.42 Å². The van der Waals surface area contributed by atoms with Crippen LogP contribution in [0.5, 0.6) is 0 Å². The normalized spacial score (nSPS) is 14.1. The lowest BCUT2D eigenvalue weighted by molar-refractivity contribution is 0.487. The van der Waals surface area contributed by atoms with Crippen molar-refractivity contribution in [1.82, 2.24) is 5.32 Å². The van der Waals surface area contributed by atoms with Crippen LogP contribution < -0.4 is 5.32 Å². The van der Waals surface area contributed by atoms with Crippen molar-refractivity contribution in [1.29, 1.82) is 0 Å². The van der Waals surface area contributed by atoms with Gasteiger partial charge in [0.15, 0.2) is 0 Å². The summed E-state index contributed by atoms with van der Waals surface area (Å²) in [6, 6.07) is 3.79. The smallest absolute Gasteiger partial charge is 0.117 e. The molecule has 0 amide bonds. The third-order valence-corrected chi connectivity index (χ3v) is 3.97. The minimum absolute atomic E-state index is 0.119. The molecule has 3 nitrogen and oxygen atoms in total. The number of nitrogens with one attached hydrogen (secondary N) is 1. The van der Waals surface area contributed by atoms with Gasteiger partial charge in [0, 0.05) is 27.8 Å². The molecule has 4 heteroatoms. The molecule has 0 fully saturated rings. The summed E-state index contributed by atoms with van der Waals surface area (Å²) >= 11 is 0. The molecule has 1 N–H and O–H groups in total. The van der Waals surface area contributed by atoms with Crippen LogP contribution in [0.25, 0.3) is 0 Å². The molecule has 1 aromatic heterocycles. The monoisotopic (exact) mass is 229 g/mol. The van der Waals surface area contributed by atoms with E-state index in [9.17, 15) is 4.21 Å². The third-order valence-electron chi connectivity index (χ3n) is 2.03. The van der Waals surface area contributed by atoms with Crippen molar-refractivity contribution in [2.24, 2.45) is 0 Å². The van der Waals surface area contributed by atoms with Crippen LogP contribution in [-0.2, 0) is 17.3 Å². The van der Waals surface area contributed by atoms with Crippen molar-refractivity contribution in [2.45, 2.75) is 32.1 Å². The molecule has 1 heterocycles. The Kier molecular flexibility index (Phi) is 4.54. The molecule has 0 spiro atoms. The molecule has 0 aliphatic heterocycles. The fraction of sp³-hybridized carbons (Fsp3) is 0.636. The van der Waals surface area contributed by atoms with E-state index in [0.717, 1.165) is 12.3 Å². The highest BCUT2D eigenvalue weighted by Crippen LogP contribution is 2.10. The summed E-state index contributed by atoms with van der Waals surface area (Å²) in [5, 5.41) is 3.20. The molecule has 15 heavy (non-hydrogen) atoms. The summed E-state index contributed by atoms with van der Waals surface area (Å²) in [5.41, 5.74) is 0. The molecule has 0 saturated heterocycles. The predicted octanol–water partition coefficient (Wildman–Crippen LogP) is 1.92. The number of hydrogen-bond donors (Lipinski definition) is 1. The van der Waals surface area contributed by atoms with Crippen LogP contribution in [0.15, 0.2) is 22.8 Å². The summed E-state index contributed by atoms with van der Waals surface area (Å²) in [5.74, 6) is 1.60. The minimum atomic E-state index is -0.779. The molecule has 86 valence electrons. The molecule has 0 radical (unpaired) electrons. The second-order valence-electron chi connectivity index (χ2n) is 4.42. The van der Waals surface area contributed by atoms with Crippen molar-refractivity contribution >= 4 is 10.8 Å². The highest BCUT2D eigenvalue weighted by Gasteiger charge is 2.18. The lowest BCUT2D eigenvalue weighted by Gasteiger charge is -2.17. The van der Waals surface area contributed by atoms with E-state index in [1.807, 2.05) is 32.9 Å². The Morgan fingerprint density at radius 2 is 2.20 bits per heavy atom. The van der Waals surface area contributed by atoms with Crippen LogP contribution in [0.3, 0.4) is 0 Å². The Morgan fingerprint density at radius 3 is 2.73 bits per heavy atom. The van der Waals surface area contributed by atoms with Crippen molar-refractivity contribution in [3.05, 3.63) is 24.2 Å². The maximum atomic E-state index is 11.7. The standard InChI is InChI=1S/C11H19NO2S/c1-11(2,3)15(13)8-6-12-9-10-5-4-7-14-10/h4-5,7,12H,6,8-9H2,1-3H3. The van der Waals surface area contributed by atoms with Gasteiger partial charge in [0.25, 0.3) is 0 Å². The molecule has 1 aromatic rings. The van der Waals surface area contributed by atoms with E-state index in [2.05, 4.69) is 5.32 Å². The zero-order valence-corrected chi connectivity index (χ0v) is 10.4. The largest absolute Gasteiger partial charge is 0.468 e. The maximum Gasteiger partial charge on any atom is 0.117 e. The molecular weight excluding hydrogens is 210 g/mol. The lowest BCUT2D eigenvalue weighted by Crippen LogP contribution is -2.29. The minimum Gasteiger partial charge on any atom is -0.468 e. The van der Waals surface area contributed by atoms with Gasteiger partial charge >= 0.3 is 0 Å². The molecule has 0 saturated carbocycles. The van der Waals surface area contributed by atoms with Crippen molar-refractivity contribution < 1.29 is 8.63 Å². The van der Waals surface area contributed by atoms with Crippen LogP contribution in [0.1, 0.15) is 26.5 Å². The van der Waals surface area contributed by atoms with Gasteiger partial charge < -0.3 is 9.73 Å². The van der Waals surface area contributed by atoms with E-state index in [1.165, 1.54) is 0 Å². The summed E-state index contributed by atoms with van der Waals surface area (Å²) < 4.78 is 16.7. The fourth-order valence-corrected chi connectivity index (χ4v) is 2.04. The second kappa shape index (κ2) is 5.47. The first-order valence-electron chi connectivity index (χ1n) is 5.12. The van der Waals surface area contributed by atoms with Gasteiger partial charge in [0.05, 0.1) is 12.8 Å². The Labute approximate surface area is 93.7 Å². The first-order valence-corrected chi connectivity index (χ1v) is 6.43. The Hall–Kier alpha value is -0.610. The van der Waals surface area contributed by atoms with Gasteiger partial charge in [0.2, 0.25) is 0 Å². The van der Waals surface area contributed by atoms with Gasteiger partial charge in [-0.25, -0.2) is 0 Å². The maximum absolute atomic E-state index is 11.7. The molecule has 0 aliphatic rings. The van der Waals surface area contributed by atoms with Gasteiger partial charge in [-0.1, -0.05) is 0 Å². The van der Waals surface area contributed by atoms with Crippen LogP contribution in [0.2, 0.25) is 0 Å². The Bertz CT molecular complexity index is 301. The van der Waals surface area contributed by atoms with Crippen molar-refractivity contribution in [3.8, 4) is 0 Å². The quantitative estimate of drug-likeness (QED) is 0.784. The molecule has 0 bridgehead atoms. The average Bonchev–Trinajstić information content (AvgIpc) is 2.63. The summed E-state index contributed by atoms with van der Waals surface area (Å²) in [6.45, 7) is 7.44. The molecule has 1 atom stereocenters. The van der Waals surface area contributed by atoms with Crippen LogP contribution >= 0.6 is 0 Å². The van der Waals surface area contributed by atoms with Crippen molar-refractivity contribution in [2.75, 3.05) is 12.3 Å². The molecule has 0 aliphatic carbocycles. The van der Waals surface area contributed by atoms with Gasteiger partial charge in [0.1, 0.15) is 5.76 Å². The predicted molar refractivity (Wildman–Crippen MR) is 63.2 cm³/mol. The number of rotatable bonds is 5. The zero-order chi connectivity index (χ0) is 11.3. The SMILES string of the molecule is CC(C)(C)S(=O)CCNCc1ccco1. The van der Waals surface area contributed by atoms with Gasteiger partial charge in [-0.05, 0) is 32.9 Å². The van der Waals surface area contributed by atoms with E-state index in [0.29, 0.717) is 12.3 Å². The summed E-state index contributed by atoms with van der Waals surface area (Å²) in [4.78, 5) is 0. The van der Waals surface area contributed by atoms with E-state index in [1.54, 1.807) is 6.26 Å². The highest BCUT2D eigenvalue weighted by atomic mass is 32.2. The van der Waals surface area contributed by atoms with E-state index in [-0.39, 0.29) is 4.75 Å². The van der Waals surface area contributed by atoms with E-state index >= 15 is 0 Å². The zero-order valence-electron chi connectivity index (χ0n) is 9.58. The molecule has 1 rings (SSSR count). The molecule has 0 aromatic carbocycles. The molecular formula is C11H19NO2S. The third kappa shape index (κ3) is 4.62. The van der Waals surface area contributed by atoms with E-state index < -0.39 is 10.8 Å². The van der Waals surface area contributed by atoms with Gasteiger partial charge in [-0.15, -0.1) is 0 Å². The van der Waals surface area contributed by atoms with Crippen LogP contribution in [-0.4, -0.2) is 21.3 Å². The number of furan rings is 1. The van der Waals surface area contributed by atoms with Crippen molar-refractivity contribution in [3.63, 3.8) is 0 Å². The fourth-order valence-electron chi connectivity index (χ4n) is 1.10. The Morgan fingerprint density at radius 1 is 1.47 bits per heavy atom. The number of hydrogen-bond acceptors (Lipinski definition) is 3.